The van der Waals surface area contributed by atoms with Crippen LogP contribution in [0.3, 0.4) is 0 Å². The van der Waals surface area contributed by atoms with Crippen molar-refractivity contribution >= 4 is 25.8 Å². The fraction of sp³-hybridized carbons (Fsp3) is 0.522. The lowest BCUT2D eigenvalue weighted by molar-refractivity contribution is -0.0531. The van der Waals surface area contributed by atoms with Crippen LogP contribution in [-0.2, 0) is 13.9 Å². The lowest BCUT2D eigenvalue weighted by Crippen LogP contribution is -2.45. The maximum absolute atomic E-state index is 12.5. The summed E-state index contributed by atoms with van der Waals surface area (Å²) >= 11 is 5.26. The van der Waals surface area contributed by atoms with Crippen LogP contribution in [0.2, 0.25) is 18.1 Å². The molecule has 0 amide bonds. The highest BCUT2D eigenvalue weighted by Gasteiger charge is 2.49. The van der Waals surface area contributed by atoms with Gasteiger partial charge >= 0.3 is 10.9 Å². The molecule has 1 aromatic heterocycles. The van der Waals surface area contributed by atoms with Crippen molar-refractivity contribution in [1.29, 1.82) is 0 Å². The molecule has 1 saturated heterocycles. The third-order valence-corrected chi connectivity index (χ3v) is 11.0. The predicted molar refractivity (Wildman–Crippen MR) is 134 cm³/mol. The summed E-state index contributed by atoms with van der Waals surface area (Å²) in [6.45, 7) is 12.2. The molecule has 1 fully saturated rings. The van der Waals surface area contributed by atoms with Crippen LogP contribution in [0.1, 0.15) is 32.6 Å². The highest BCUT2D eigenvalue weighted by Crippen LogP contribution is 2.38. The number of aromatic amines is 1. The molecular weight excluding hydrogens is 476 g/mol. The smallest absolute Gasteiger partial charge is 0.358 e. The summed E-state index contributed by atoms with van der Waals surface area (Å²) in [5, 5.41) is 10.9. The van der Waals surface area contributed by atoms with Crippen molar-refractivity contribution in [3.8, 4) is 5.75 Å². The Bertz CT molecular complexity index is 1130. The molecule has 2 aromatic rings. The van der Waals surface area contributed by atoms with Gasteiger partial charge in [-0.3, -0.25) is 14.3 Å². The quantitative estimate of drug-likeness (QED) is 0.453. The van der Waals surface area contributed by atoms with Gasteiger partial charge in [-0.2, -0.15) is 0 Å². The molecule has 0 radical (unpaired) electrons. The number of para-hydroxylation sites is 1. The van der Waals surface area contributed by atoms with Crippen molar-refractivity contribution in [2.24, 2.45) is 0 Å². The normalized spacial score (nSPS) is 23.0. The van der Waals surface area contributed by atoms with Gasteiger partial charge in [-0.15, -0.1) is 0 Å². The number of nitrogens with zero attached hydrogens (tertiary/aromatic N) is 1. The Morgan fingerprint density at radius 2 is 1.88 bits per heavy atom. The van der Waals surface area contributed by atoms with E-state index in [1.165, 1.54) is 6.20 Å². The highest BCUT2D eigenvalue weighted by molar-refractivity contribution is 7.79. The minimum atomic E-state index is -2.15. The summed E-state index contributed by atoms with van der Waals surface area (Å²) in [5.74, 6) is 0.485. The van der Waals surface area contributed by atoms with E-state index in [4.69, 9.17) is 30.9 Å². The van der Waals surface area contributed by atoms with Crippen LogP contribution >= 0.6 is 12.2 Å². The topological polar surface area (TPSA) is 112 Å². The standard InChI is InChI=1S/C23H32N2O7SSi/c1-14-12-25(21(28)24-19(14)27)20-17(26)18(32-22(33)30-15-10-8-7-9-11-15)16(31-20)13-29-34(5,6)23(2,3)4/h7-12,16-18,20,26H,13H2,1-6H3,(H,24,27,28)/t16-,17-,18-,20-/m1/s1. The summed E-state index contributed by atoms with van der Waals surface area (Å²) in [6.07, 6.45) is -2.76. The minimum Gasteiger partial charge on any atom is -0.447 e. The third-order valence-electron chi connectivity index (χ3n) is 6.32. The van der Waals surface area contributed by atoms with E-state index in [0.29, 0.717) is 11.3 Å². The molecule has 0 saturated carbocycles. The fourth-order valence-electron chi connectivity index (χ4n) is 3.23. The molecule has 0 aliphatic carbocycles. The van der Waals surface area contributed by atoms with E-state index in [9.17, 15) is 14.7 Å². The van der Waals surface area contributed by atoms with Crippen LogP contribution in [0, 0.1) is 6.92 Å². The Labute approximate surface area is 204 Å². The van der Waals surface area contributed by atoms with E-state index in [-0.39, 0.29) is 16.9 Å². The molecule has 0 bridgehead atoms. The van der Waals surface area contributed by atoms with Crippen molar-refractivity contribution < 1.29 is 23.7 Å². The second-order valence-electron chi connectivity index (χ2n) is 9.85. The zero-order chi connectivity index (χ0) is 25.3. The number of nitrogens with one attached hydrogen (secondary N) is 1. The van der Waals surface area contributed by atoms with Crippen molar-refractivity contribution in [1.82, 2.24) is 9.55 Å². The van der Waals surface area contributed by atoms with Crippen LogP contribution in [0.5, 0.6) is 5.75 Å². The third kappa shape index (κ3) is 5.84. The molecule has 1 aliphatic heterocycles. The van der Waals surface area contributed by atoms with Crippen LogP contribution in [-0.4, -0.2) is 53.1 Å². The largest absolute Gasteiger partial charge is 0.447 e. The number of thiocarbonyl (C=S) groups is 1. The molecule has 1 aliphatic rings. The molecule has 1 aromatic carbocycles. The fourth-order valence-corrected chi connectivity index (χ4v) is 4.45. The number of ether oxygens (including phenoxy) is 3. The van der Waals surface area contributed by atoms with Crippen LogP contribution in [0.4, 0.5) is 0 Å². The first-order chi connectivity index (χ1) is 15.8. The number of aliphatic hydroxyl groups is 1. The molecule has 34 heavy (non-hydrogen) atoms. The molecule has 4 atom stereocenters. The Balaban J connectivity index is 1.85. The second-order valence-corrected chi connectivity index (χ2v) is 15.0. The van der Waals surface area contributed by atoms with Gasteiger partial charge in [0.05, 0.1) is 6.61 Å². The van der Waals surface area contributed by atoms with Gasteiger partial charge in [-0.05, 0) is 37.2 Å². The first-order valence-electron chi connectivity index (χ1n) is 11.0. The summed E-state index contributed by atoms with van der Waals surface area (Å²) in [6, 6.07) is 8.88. The molecule has 0 unspecified atom stereocenters. The minimum absolute atomic E-state index is 0.0430. The number of aromatic nitrogens is 2. The monoisotopic (exact) mass is 508 g/mol. The van der Waals surface area contributed by atoms with Crippen LogP contribution < -0.4 is 16.0 Å². The summed E-state index contributed by atoms with van der Waals surface area (Å²) in [5.41, 5.74) is -0.902. The van der Waals surface area contributed by atoms with Crippen molar-refractivity contribution in [2.45, 2.75) is 70.4 Å². The summed E-state index contributed by atoms with van der Waals surface area (Å²) in [7, 11) is -2.15. The summed E-state index contributed by atoms with van der Waals surface area (Å²) in [4.78, 5) is 26.5. The lowest BCUT2D eigenvalue weighted by atomic mass is 10.1. The van der Waals surface area contributed by atoms with Gasteiger partial charge in [-0.1, -0.05) is 39.0 Å². The predicted octanol–water partition coefficient (Wildman–Crippen LogP) is 2.87. The number of hydrogen-bond acceptors (Lipinski definition) is 8. The van der Waals surface area contributed by atoms with E-state index in [2.05, 4.69) is 38.8 Å². The first-order valence-corrected chi connectivity index (χ1v) is 14.3. The zero-order valence-corrected chi connectivity index (χ0v) is 22.0. The Kier molecular flexibility index (Phi) is 7.83. The molecule has 9 nitrogen and oxygen atoms in total. The van der Waals surface area contributed by atoms with E-state index in [1.807, 2.05) is 6.07 Å². The van der Waals surface area contributed by atoms with Crippen LogP contribution in [0.25, 0.3) is 0 Å². The van der Waals surface area contributed by atoms with Gasteiger partial charge in [0.15, 0.2) is 20.6 Å². The van der Waals surface area contributed by atoms with E-state index < -0.39 is 44.1 Å². The number of hydrogen-bond donors (Lipinski definition) is 2. The molecule has 2 heterocycles. The number of H-pyrrole nitrogens is 1. The lowest BCUT2D eigenvalue weighted by Gasteiger charge is -2.37. The average molecular weight is 509 g/mol. The second kappa shape index (κ2) is 10.1. The van der Waals surface area contributed by atoms with Crippen molar-refractivity contribution in [2.75, 3.05) is 6.61 Å². The van der Waals surface area contributed by atoms with Gasteiger partial charge in [0.2, 0.25) is 0 Å². The molecule has 11 heteroatoms. The van der Waals surface area contributed by atoms with Crippen molar-refractivity contribution in [3.05, 3.63) is 62.9 Å². The van der Waals surface area contributed by atoms with E-state index >= 15 is 0 Å². The van der Waals surface area contributed by atoms with E-state index in [0.717, 1.165) is 4.57 Å². The Hall–Kier alpha value is -2.31. The molecule has 186 valence electrons. The number of aliphatic hydroxyl groups excluding tert-OH is 1. The van der Waals surface area contributed by atoms with Gasteiger partial charge in [0, 0.05) is 24.0 Å². The number of aryl methyl sites for hydroxylation is 1. The molecule has 3 rings (SSSR count). The Morgan fingerprint density at radius 1 is 1.24 bits per heavy atom. The first kappa shape index (κ1) is 26.3. The van der Waals surface area contributed by atoms with E-state index in [1.54, 1.807) is 31.2 Å². The zero-order valence-electron chi connectivity index (χ0n) is 20.2. The maximum Gasteiger partial charge on any atom is 0.358 e. The van der Waals surface area contributed by atoms with Crippen molar-refractivity contribution in [3.63, 3.8) is 0 Å². The Morgan fingerprint density at radius 3 is 2.50 bits per heavy atom. The molecular formula is C23H32N2O7SSi. The molecule has 2 N–H and O–H groups in total. The average Bonchev–Trinajstić information content (AvgIpc) is 3.04. The number of rotatable bonds is 6. The van der Waals surface area contributed by atoms with Crippen LogP contribution in [0.15, 0.2) is 46.1 Å². The highest BCUT2D eigenvalue weighted by atomic mass is 32.1. The van der Waals surface area contributed by atoms with Gasteiger partial charge in [0.1, 0.15) is 18.0 Å². The van der Waals surface area contributed by atoms with Gasteiger partial charge in [0.25, 0.3) is 5.56 Å². The van der Waals surface area contributed by atoms with Gasteiger partial charge < -0.3 is 23.7 Å². The van der Waals surface area contributed by atoms with Gasteiger partial charge in [-0.25, -0.2) is 4.79 Å². The molecule has 0 spiro atoms. The SMILES string of the molecule is Cc1cn([C@@H]2O[C@H](CO[Si](C)(C)C(C)(C)C)[C@@H](OC(=S)Oc3ccccc3)[C@H]2O)c(=O)[nH]c1=O. The summed E-state index contributed by atoms with van der Waals surface area (Å²) < 4.78 is 24.9. The number of benzene rings is 1. The maximum atomic E-state index is 12.5.